The molecule has 0 aliphatic heterocycles. The summed E-state index contributed by atoms with van der Waals surface area (Å²) in [6.07, 6.45) is 3.07. The van der Waals surface area contributed by atoms with Crippen molar-refractivity contribution >= 4 is 11.9 Å². The van der Waals surface area contributed by atoms with E-state index in [2.05, 4.69) is 22.9 Å². The molecule has 0 saturated heterocycles. The lowest BCUT2D eigenvalue weighted by molar-refractivity contribution is -0.154. The number of pyridine rings is 1. The molecule has 0 radical (unpaired) electrons. The van der Waals surface area contributed by atoms with Gasteiger partial charge >= 0.3 is 11.9 Å². The first-order chi connectivity index (χ1) is 22.1. The van der Waals surface area contributed by atoms with Gasteiger partial charge in [-0.15, -0.1) is 0 Å². The van der Waals surface area contributed by atoms with Gasteiger partial charge in [-0.3, -0.25) is 4.79 Å². The number of esters is 2. The van der Waals surface area contributed by atoms with Crippen LogP contribution < -0.4 is 9.47 Å². The van der Waals surface area contributed by atoms with E-state index in [0.717, 1.165) is 47.2 Å². The molecule has 0 aliphatic carbocycles. The molecule has 0 aliphatic rings. The number of hydrogen-bond acceptors (Lipinski definition) is 8. The van der Waals surface area contributed by atoms with Crippen molar-refractivity contribution in [2.75, 3.05) is 34.0 Å². The van der Waals surface area contributed by atoms with Crippen LogP contribution in [-0.4, -0.2) is 57.1 Å². The van der Waals surface area contributed by atoms with E-state index in [4.69, 9.17) is 23.9 Å². The predicted molar refractivity (Wildman–Crippen MR) is 173 cm³/mol. The third-order valence-corrected chi connectivity index (χ3v) is 7.17. The highest BCUT2D eigenvalue weighted by atomic mass is 16.6. The molecule has 45 heavy (non-hydrogen) atoms. The van der Waals surface area contributed by atoms with Gasteiger partial charge in [-0.05, 0) is 60.6 Å². The van der Waals surface area contributed by atoms with Gasteiger partial charge in [0.1, 0.15) is 5.75 Å². The first kappa shape index (κ1) is 33.2. The Morgan fingerprint density at radius 1 is 0.667 bits per heavy atom. The number of rotatable bonds is 18. The van der Waals surface area contributed by atoms with Crippen molar-refractivity contribution in [3.8, 4) is 34.0 Å². The molecule has 0 bridgehead atoms. The zero-order valence-electron chi connectivity index (χ0n) is 26.0. The van der Waals surface area contributed by atoms with E-state index < -0.39 is 12.1 Å². The molecule has 0 N–H and O–H groups in total. The van der Waals surface area contributed by atoms with Crippen LogP contribution in [0.2, 0.25) is 0 Å². The van der Waals surface area contributed by atoms with Gasteiger partial charge in [0.2, 0.25) is 5.88 Å². The van der Waals surface area contributed by atoms with E-state index in [0.29, 0.717) is 50.7 Å². The molecular weight excluding hydrogens is 570 g/mol. The van der Waals surface area contributed by atoms with Gasteiger partial charge < -0.3 is 23.7 Å². The maximum absolute atomic E-state index is 12.4. The van der Waals surface area contributed by atoms with E-state index in [-0.39, 0.29) is 5.97 Å². The molecule has 1 atom stereocenters. The highest BCUT2D eigenvalue weighted by Crippen LogP contribution is 2.28. The van der Waals surface area contributed by atoms with E-state index in [1.165, 1.54) is 14.2 Å². The number of unbranched alkanes of at least 4 members (excludes halogenated alkanes) is 2. The Hall–Kier alpha value is -4.69. The minimum atomic E-state index is -0.695. The number of hydrogen-bond donors (Lipinski definition) is 0. The summed E-state index contributed by atoms with van der Waals surface area (Å²) in [6.45, 7) is 1.37. The number of carbonyl (C=O) groups is 2. The SMILES string of the molecule is COC(=O)CCCOc1ccc(CC(OCCCCCOc2cc(-c3ccccc3)cc(-c3ccccc3)n2)C(=O)OC)cc1. The van der Waals surface area contributed by atoms with Crippen molar-refractivity contribution in [1.29, 1.82) is 0 Å². The fourth-order valence-corrected chi connectivity index (χ4v) is 4.70. The van der Waals surface area contributed by atoms with E-state index >= 15 is 0 Å². The minimum absolute atomic E-state index is 0.254. The van der Waals surface area contributed by atoms with Gasteiger partial charge in [0.05, 0.1) is 33.1 Å². The molecule has 0 amide bonds. The van der Waals surface area contributed by atoms with Crippen molar-refractivity contribution in [1.82, 2.24) is 4.98 Å². The molecule has 4 rings (SSSR count). The maximum Gasteiger partial charge on any atom is 0.335 e. The molecular formula is C37H41NO7. The smallest absolute Gasteiger partial charge is 0.335 e. The second kappa shape index (κ2) is 18.2. The molecule has 1 unspecified atom stereocenters. The summed E-state index contributed by atoms with van der Waals surface area (Å²) in [5.74, 6) is 0.630. The van der Waals surface area contributed by atoms with Crippen LogP contribution in [0.4, 0.5) is 0 Å². The molecule has 4 aromatic rings. The molecule has 8 nitrogen and oxygen atoms in total. The molecule has 3 aromatic carbocycles. The molecule has 8 heteroatoms. The van der Waals surface area contributed by atoms with E-state index in [9.17, 15) is 9.59 Å². The van der Waals surface area contributed by atoms with Crippen molar-refractivity contribution in [3.63, 3.8) is 0 Å². The summed E-state index contributed by atoms with van der Waals surface area (Å²) in [6, 6.07) is 31.9. The predicted octanol–water partition coefficient (Wildman–Crippen LogP) is 7.10. The molecule has 1 aromatic heterocycles. The molecule has 0 spiro atoms. The van der Waals surface area contributed by atoms with Gasteiger partial charge in [0.25, 0.3) is 0 Å². The molecule has 0 fully saturated rings. The van der Waals surface area contributed by atoms with E-state index in [1.54, 1.807) is 0 Å². The lowest BCUT2D eigenvalue weighted by Gasteiger charge is -2.16. The van der Waals surface area contributed by atoms with Gasteiger partial charge in [-0.1, -0.05) is 72.8 Å². The summed E-state index contributed by atoms with van der Waals surface area (Å²) < 4.78 is 27.3. The quantitative estimate of drug-likeness (QED) is 0.0869. The lowest BCUT2D eigenvalue weighted by Crippen LogP contribution is -2.28. The summed E-state index contributed by atoms with van der Waals surface area (Å²) in [7, 11) is 2.74. The highest BCUT2D eigenvalue weighted by molar-refractivity contribution is 5.75. The molecule has 236 valence electrons. The van der Waals surface area contributed by atoms with Crippen LogP contribution in [0.5, 0.6) is 11.6 Å². The lowest BCUT2D eigenvalue weighted by atomic mass is 10.0. The average molecular weight is 612 g/mol. The van der Waals surface area contributed by atoms with Crippen LogP contribution in [0.3, 0.4) is 0 Å². The maximum atomic E-state index is 12.4. The van der Waals surface area contributed by atoms with Crippen LogP contribution in [0.1, 0.15) is 37.7 Å². The van der Waals surface area contributed by atoms with Crippen molar-refractivity contribution in [3.05, 3.63) is 103 Å². The molecule has 1 heterocycles. The zero-order valence-corrected chi connectivity index (χ0v) is 26.0. The van der Waals surface area contributed by atoms with E-state index in [1.807, 2.05) is 78.9 Å². The van der Waals surface area contributed by atoms with Crippen LogP contribution in [0.25, 0.3) is 22.4 Å². The van der Waals surface area contributed by atoms with Crippen molar-refractivity contribution < 1.29 is 33.3 Å². The zero-order chi connectivity index (χ0) is 31.7. The van der Waals surface area contributed by atoms with Crippen LogP contribution in [0, 0.1) is 0 Å². The van der Waals surface area contributed by atoms with Gasteiger partial charge in [0, 0.05) is 31.1 Å². The Kier molecular flexibility index (Phi) is 13.4. The van der Waals surface area contributed by atoms with Crippen molar-refractivity contribution in [2.24, 2.45) is 0 Å². The number of ether oxygens (including phenoxy) is 5. The summed E-state index contributed by atoms with van der Waals surface area (Å²) in [5, 5.41) is 0. The Balaban J connectivity index is 1.21. The fourth-order valence-electron chi connectivity index (χ4n) is 4.70. The van der Waals surface area contributed by atoms with Crippen LogP contribution in [0.15, 0.2) is 97.1 Å². The number of carbonyl (C=O) groups excluding carboxylic acids is 2. The number of aromatic nitrogens is 1. The Morgan fingerprint density at radius 2 is 1.33 bits per heavy atom. The Bertz CT molecular complexity index is 1400. The largest absolute Gasteiger partial charge is 0.494 e. The van der Waals surface area contributed by atoms with Crippen molar-refractivity contribution in [2.45, 2.75) is 44.6 Å². The number of methoxy groups -OCH3 is 2. The Morgan fingerprint density at radius 3 is 2.02 bits per heavy atom. The van der Waals surface area contributed by atoms with Crippen LogP contribution >= 0.6 is 0 Å². The van der Waals surface area contributed by atoms with Crippen LogP contribution in [-0.2, 0) is 30.2 Å². The number of benzene rings is 3. The minimum Gasteiger partial charge on any atom is -0.494 e. The van der Waals surface area contributed by atoms with Gasteiger partial charge in [-0.25, -0.2) is 9.78 Å². The normalized spacial score (nSPS) is 11.4. The standard InChI is InChI=1S/C37H41NO7/c1-41-36(39)17-12-24-43-32-20-18-28(19-21-32)25-34(37(40)42-2)44-22-10-5-11-23-45-35-27-31(29-13-6-3-7-14-29)26-33(38-35)30-15-8-4-9-16-30/h3-4,6-9,13-16,18-21,26-27,34H,5,10-12,17,22-25H2,1-2H3. The first-order valence-electron chi connectivity index (χ1n) is 15.3. The highest BCUT2D eigenvalue weighted by Gasteiger charge is 2.20. The monoisotopic (exact) mass is 611 g/mol. The Labute approximate surface area is 265 Å². The topological polar surface area (TPSA) is 93.2 Å². The summed E-state index contributed by atoms with van der Waals surface area (Å²) in [4.78, 5) is 28.4. The summed E-state index contributed by atoms with van der Waals surface area (Å²) >= 11 is 0. The second-order valence-electron chi connectivity index (χ2n) is 10.5. The fraction of sp³-hybridized carbons (Fsp3) is 0.324. The second-order valence-corrected chi connectivity index (χ2v) is 10.5. The molecule has 0 saturated carbocycles. The average Bonchev–Trinajstić information content (AvgIpc) is 3.10. The summed E-state index contributed by atoms with van der Waals surface area (Å²) in [5.41, 5.74) is 5.00. The third kappa shape index (κ3) is 11.1. The van der Waals surface area contributed by atoms with Gasteiger partial charge in [-0.2, -0.15) is 0 Å². The third-order valence-electron chi connectivity index (χ3n) is 7.17. The van der Waals surface area contributed by atoms with Gasteiger partial charge in [0.15, 0.2) is 6.10 Å². The first-order valence-corrected chi connectivity index (χ1v) is 15.3. The number of nitrogens with zero attached hydrogens (tertiary/aromatic N) is 1.